The molecule has 3 amide bonds. The van der Waals surface area contributed by atoms with Crippen molar-refractivity contribution < 1.29 is 34.2 Å². The molecule has 7 N–H and O–H groups in total. The molecule has 216 valence electrons. The molecule has 4 unspecified atom stereocenters. The third-order valence-corrected chi connectivity index (χ3v) is 7.18. The summed E-state index contributed by atoms with van der Waals surface area (Å²) in [7, 11) is 0. The highest BCUT2D eigenvalue weighted by molar-refractivity contribution is 5.96. The van der Waals surface area contributed by atoms with Gasteiger partial charge in [-0.2, -0.15) is 0 Å². The molecule has 1 fully saturated rings. The minimum Gasteiger partial charge on any atom is -0.481 e. The average molecular weight is 564 g/mol. The second-order valence-corrected chi connectivity index (χ2v) is 10.1. The zero-order valence-corrected chi connectivity index (χ0v) is 22.3. The molecule has 0 spiro atoms. The van der Waals surface area contributed by atoms with E-state index >= 15 is 0 Å². The average Bonchev–Trinajstić information content (AvgIpc) is 3.60. The molecular formula is C29H33N5O7. The van der Waals surface area contributed by atoms with Crippen LogP contribution in [0.1, 0.15) is 30.4 Å². The van der Waals surface area contributed by atoms with Gasteiger partial charge in [0.25, 0.3) is 0 Å². The predicted molar refractivity (Wildman–Crippen MR) is 149 cm³/mol. The quantitative estimate of drug-likeness (QED) is 0.186. The molecule has 4 atom stereocenters. The summed E-state index contributed by atoms with van der Waals surface area (Å²) in [5.41, 5.74) is 8.67. The van der Waals surface area contributed by atoms with Gasteiger partial charge >= 0.3 is 11.9 Å². The second kappa shape index (κ2) is 13.1. The van der Waals surface area contributed by atoms with E-state index in [2.05, 4.69) is 15.6 Å². The van der Waals surface area contributed by atoms with Gasteiger partial charge in [0.2, 0.25) is 17.7 Å². The molecule has 2 heterocycles. The number of aromatic nitrogens is 1. The Hall–Kier alpha value is -4.71. The first kappa shape index (κ1) is 29.3. The van der Waals surface area contributed by atoms with Gasteiger partial charge in [-0.3, -0.25) is 19.2 Å². The maximum atomic E-state index is 13.5. The molecule has 4 rings (SSSR count). The first-order valence-electron chi connectivity index (χ1n) is 13.3. The zero-order chi connectivity index (χ0) is 29.5. The van der Waals surface area contributed by atoms with Gasteiger partial charge in [0.15, 0.2) is 0 Å². The molecule has 1 aromatic heterocycles. The van der Waals surface area contributed by atoms with Crippen LogP contribution in [0.3, 0.4) is 0 Å². The van der Waals surface area contributed by atoms with E-state index in [0.717, 1.165) is 21.4 Å². The van der Waals surface area contributed by atoms with Crippen LogP contribution in [0.25, 0.3) is 10.9 Å². The van der Waals surface area contributed by atoms with E-state index < -0.39 is 60.2 Å². The van der Waals surface area contributed by atoms with Crippen LogP contribution < -0.4 is 16.4 Å². The van der Waals surface area contributed by atoms with E-state index in [9.17, 15) is 34.2 Å². The van der Waals surface area contributed by atoms with Gasteiger partial charge in [-0.25, -0.2) is 4.79 Å². The topological polar surface area (TPSA) is 195 Å². The third-order valence-electron chi connectivity index (χ3n) is 7.18. The maximum absolute atomic E-state index is 13.5. The lowest BCUT2D eigenvalue weighted by Crippen LogP contribution is -2.58. The first-order valence-corrected chi connectivity index (χ1v) is 13.3. The Bertz CT molecular complexity index is 1420. The van der Waals surface area contributed by atoms with Crippen molar-refractivity contribution in [2.75, 3.05) is 6.54 Å². The van der Waals surface area contributed by atoms with Crippen LogP contribution in [0, 0.1) is 0 Å². The number of hydrogen-bond donors (Lipinski definition) is 6. The molecule has 0 saturated carbocycles. The van der Waals surface area contributed by atoms with Crippen molar-refractivity contribution in [2.45, 2.75) is 56.3 Å². The van der Waals surface area contributed by atoms with Gasteiger partial charge < -0.3 is 36.5 Å². The minimum absolute atomic E-state index is 0.0493. The number of carboxylic acid groups (broad SMARTS) is 2. The Labute approximate surface area is 235 Å². The first-order chi connectivity index (χ1) is 19.6. The fourth-order valence-electron chi connectivity index (χ4n) is 5.10. The van der Waals surface area contributed by atoms with Crippen molar-refractivity contribution in [3.8, 4) is 0 Å². The van der Waals surface area contributed by atoms with Gasteiger partial charge in [-0.15, -0.1) is 0 Å². The normalized spacial score (nSPS) is 17.0. The smallest absolute Gasteiger partial charge is 0.326 e. The van der Waals surface area contributed by atoms with E-state index in [4.69, 9.17) is 5.73 Å². The molecule has 0 bridgehead atoms. The summed E-state index contributed by atoms with van der Waals surface area (Å²) < 4.78 is 0. The summed E-state index contributed by atoms with van der Waals surface area (Å²) in [5, 5.41) is 24.9. The van der Waals surface area contributed by atoms with E-state index in [1.165, 1.54) is 0 Å². The number of para-hydroxylation sites is 1. The summed E-state index contributed by atoms with van der Waals surface area (Å²) >= 11 is 0. The summed E-state index contributed by atoms with van der Waals surface area (Å²) in [6.45, 7) is 0.134. The number of nitrogens with two attached hydrogens (primary N) is 1. The fraction of sp³-hybridized carbons (Fsp3) is 0.345. The van der Waals surface area contributed by atoms with Gasteiger partial charge in [0, 0.05) is 30.1 Å². The van der Waals surface area contributed by atoms with Crippen molar-refractivity contribution in [1.29, 1.82) is 0 Å². The van der Waals surface area contributed by atoms with E-state index in [0.29, 0.717) is 12.0 Å². The highest BCUT2D eigenvalue weighted by Gasteiger charge is 2.39. The number of hydrogen-bond acceptors (Lipinski definition) is 6. The molecule has 2 aromatic carbocycles. The number of rotatable bonds is 12. The molecule has 1 aliphatic rings. The Balaban J connectivity index is 1.51. The number of aliphatic carboxylic acids is 2. The van der Waals surface area contributed by atoms with Crippen molar-refractivity contribution in [2.24, 2.45) is 5.73 Å². The second-order valence-electron chi connectivity index (χ2n) is 10.1. The van der Waals surface area contributed by atoms with Crippen LogP contribution in [0.4, 0.5) is 0 Å². The van der Waals surface area contributed by atoms with Crippen molar-refractivity contribution in [3.63, 3.8) is 0 Å². The highest BCUT2D eigenvalue weighted by atomic mass is 16.4. The molecule has 12 nitrogen and oxygen atoms in total. The van der Waals surface area contributed by atoms with Crippen LogP contribution >= 0.6 is 0 Å². The number of nitrogens with zero attached hydrogens (tertiary/aromatic N) is 1. The lowest BCUT2D eigenvalue weighted by molar-refractivity contribution is -0.150. The number of carbonyl (C=O) groups excluding carboxylic acids is 3. The van der Waals surface area contributed by atoms with Crippen LogP contribution in [-0.2, 0) is 36.8 Å². The zero-order valence-electron chi connectivity index (χ0n) is 22.3. The summed E-state index contributed by atoms with van der Waals surface area (Å²) in [6.07, 6.45) is 1.94. The van der Waals surface area contributed by atoms with Crippen LogP contribution in [-0.4, -0.2) is 80.5 Å². The summed E-state index contributed by atoms with van der Waals surface area (Å²) in [5.74, 6) is -4.73. The molecule has 0 radical (unpaired) electrons. The van der Waals surface area contributed by atoms with Crippen LogP contribution in [0.2, 0.25) is 0 Å². The highest BCUT2D eigenvalue weighted by Crippen LogP contribution is 2.20. The number of nitrogens with one attached hydrogen (secondary N) is 3. The summed E-state index contributed by atoms with van der Waals surface area (Å²) in [4.78, 5) is 67.2. The Morgan fingerprint density at radius 1 is 0.927 bits per heavy atom. The number of benzene rings is 2. The number of aromatic amines is 1. The maximum Gasteiger partial charge on any atom is 0.326 e. The predicted octanol–water partition coefficient (Wildman–Crippen LogP) is 0.800. The number of carbonyl (C=O) groups is 5. The number of H-pyrrole nitrogens is 1. The number of carboxylic acids is 2. The lowest BCUT2D eigenvalue weighted by Gasteiger charge is -2.28. The molecule has 41 heavy (non-hydrogen) atoms. The number of fused-ring (bicyclic) bond motifs is 1. The SMILES string of the molecule is NC(Cc1c[nH]c2ccccc12)C(=O)NC(Cc1ccccc1)C(=O)NC(CC(=O)O)C(=O)N1CCCC1C(=O)O. The van der Waals surface area contributed by atoms with Crippen LogP contribution in [0.15, 0.2) is 60.8 Å². The molecule has 1 saturated heterocycles. The van der Waals surface area contributed by atoms with Gasteiger partial charge in [0.05, 0.1) is 12.5 Å². The minimum atomic E-state index is -1.52. The van der Waals surface area contributed by atoms with E-state index in [1.807, 2.05) is 24.3 Å². The van der Waals surface area contributed by atoms with E-state index in [-0.39, 0.29) is 25.8 Å². The molecular weight excluding hydrogens is 530 g/mol. The van der Waals surface area contributed by atoms with Gasteiger partial charge in [-0.05, 0) is 36.5 Å². The van der Waals surface area contributed by atoms with E-state index in [1.54, 1.807) is 36.5 Å². The van der Waals surface area contributed by atoms with Crippen molar-refractivity contribution in [1.82, 2.24) is 20.5 Å². The largest absolute Gasteiger partial charge is 0.481 e. The van der Waals surface area contributed by atoms with Crippen molar-refractivity contribution in [3.05, 3.63) is 71.9 Å². The lowest BCUT2D eigenvalue weighted by atomic mass is 10.0. The standard InChI is InChI=1S/C29H33N5O7/c30-20(14-18-16-31-21-10-5-4-9-19(18)21)26(37)32-22(13-17-7-2-1-3-8-17)27(38)33-23(15-25(35)36)28(39)34-12-6-11-24(34)29(40)41/h1-5,7-10,16,20,22-24,31H,6,11-15,30H2,(H,32,37)(H,33,38)(H,35,36)(H,40,41). The Morgan fingerprint density at radius 3 is 2.32 bits per heavy atom. The summed E-state index contributed by atoms with van der Waals surface area (Å²) in [6, 6.07) is 11.6. The van der Waals surface area contributed by atoms with Crippen LogP contribution in [0.5, 0.6) is 0 Å². The number of likely N-dealkylation sites (tertiary alicyclic amines) is 1. The molecule has 1 aliphatic heterocycles. The van der Waals surface area contributed by atoms with Gasteiger partial charge in [-0.1, -0.05) is 48.5 Å². The van der Waals surface area contributed by atoms with Crippen molar-refractivity contribution >= 4 is 40.6 Å². The monoisotopic (exact) mass is 563 g/mol. The fourth-order valence-corrected chi connectivity index (χ4v) is 5.10. The molecule has 0 aliphatic carbocycles. The van der Waals surface area contributed by atoms with Gasteiger partial charge in [0.1, 0.15) is 18.1 Å². The number of amides is 3. The Kier molecular flexibility index (Phi) is 9.35. The molecule has 12 heteroatoms. The molecule has 3 aromatic rings. The Morgan fingerprint density at radius 2 is 1.61 bits per heavy atom. The third kappa shape index (κ3) is 7.28.